The van der Waals surface area contributed by atoms with Crippen molar-refractivity contribution < 1.29 is 37.0 Å². The first-order valence-electron chi connectivity index (χ1n) is 10.2. The number of nitrogens with zero attached hydrogens (tertiary/aromatic N) is 1. The smallest absolute Gasteiger partial charge is 0.490 e. The summed E-state index contributed by atoms with van der Waals surface area (Å²) >= 11 is 0. The maximum absolute atomic E-state index is 13.3. The second-order valence-electron chi connectivity index (χ2n) is 7.64. The summed E-state index contributed by atoms with van der Waals surface area (Å²) in [5, 5.41) is 7.12. The van der Waals surface area contributed by atoms with Crippen LogP contribution in [-0.4, -0.2) is 60.5 Å². The van der Waals surface area contributed by atoms with E-state index in [1.165, 1.54) is 4.90 Å². The first kappa shape index (κ1) is 26.1. The Balaban J connectivity index is 0.000000479. The van der Waals surface area contributed by atoms with Crippen LogP contribution in [0, 0.1) is 0 Å². The Morgan fingerprint density at radius 2 is 1.58 bits per heavy atom. The molecule has 2 aromatic rings. The molecule has 0 saturated carbocycles. The Labute approximate surface area is 188 Å². The monoisotopic (exact) mass is 470 g/mol. The molecule has 1 aliphatic rings. The number of carbonyl (C=O) groups is 2. The molecule has 1 fully saturated rings. The molecule has 0 radical (unpaired) electrons. The second kappa shape index (κ2) is 11.1. The topological polar surface area (TPSA) is 92.9 Å². The van der Waals surface area contributed by atoms with Crippen LogP contribution in [0.4, 0.5) is 17.6 Å². The van der Waals surface area contributed by atoms with Crippen LogP contribution < -0.4 is 10.5 Å². The zero-order valence-electron chi connectivity index (χ0n) is 18.2. The predicted octanol–water partition coefficient (Wildman–Crippen LogP) is 4.00. The summed E-state index contributed by atoms with van der Waals surface area (Å²) < 4.78 is 50.2. The van der Waals surface area contributed by atoms with Gasteiger partial charge in [0.15, 0.2) is 0 Å². The van der Waals surface area contributed by atoms with Gasteiger partial charge in [-0.05, 0) is 35.2 Å². The Morgan fingerprint density at radius 3 is 1.97 bits per heavy atom. The maximum atomic E-state index is 13.3. The zero-order valence-corrected chi connectivity index (χ0v) is 18.2. The molecule has 0 spiro atoms. The Hall–Kier alpha value is -3.14. The fourth-order valence-corrected chi connectivity index (χ4v) is 3.31. The number of methoxy groups -OCH3 is 1. The molecule has 10 heteroatoms. The number of carbonyl (C=O) groups excluding carboxylic acids is 1. The normalized spacial score (nSPS) is 17.5. The molecule has 1 aliphatic heterocycles. The number of likely N-dealkylation sites (tertiary alicyclic amines) is 1. The number of rotatable bonds is 5. The molecule has 33 heavy (non-hydrogen) atoms. The van der Waals surface area contributed by atoms with Crippen molar-refractivity contribution in [3.05, 3.63) is 54.1 Å². The summed E-state index contributed by atoms with van der Waals surface area (Å²) in [6.07, 6.45) is -5.60. The number of carboxylic acids is 1. The van der Waals surface area contributed by atoms with E-state index in [1.807, 2.05) is 55.5 Å². The van der Waals surface area contributed by atoms with Crippen molar-refractivity contribution >= 4 is 11.9 Å². The number of hydrogen-bond acceptors (Lipinski definition) is 4. The number of halogens is 4. The molecule has 0 bridgehead atoms. The van der Waals surface area contributed by atoms with Crippen LogP contribution in [0.3, 0.4) is 0 Å². The first-order valence-corrected chi connectivity index (χ1v) is 10.2. The van der Waals surface area contributed by atoms with Crippen LogP contribution in [0.5, 0.6) is 5.75 Å². The van der Waals surface area contributed by atoms with Gasteiger partial charge in [0.2, 0.25) is 5.91 Å². The predicted molar refractivity (Wildman–Crippen MR) is 115 cm³/mol. The number of hydrogen-bond donors (Lipinski definition) is 2. The third kappa shape index (κ3) is 7.18. The molecule has 1 saturated heterocycles. The van der Waals surface area contributed by atoms with E-state index in [4.69, 9.17) is 20.4 Å². The molecule has 3 N–H and O–H groups in total. The van der Waals surface area contributed by atoms with E-state index < -0.39 is 24.4 Å². The lowest BCUT2D eigenvalue weighted by Gasteiger charge is -2.25. The van der Waals surface area contributed by atoms with Gasteiger partial charge in [-0.15, -0.1) is 0 Å². The zero-order chi connectivity index (χ0) is 24.8. The summed E-state index contributed by atoms with van der Waals surface area (Å²) in [4.78, 5) is 22.9. The Bertz CT molecular complexity index is 933. The van der Waals surface area contributed by atoms with Gasteiger partial charge in [0.05, 0.1) is 19.7 Å². The summed E-state index contributed by atoms with van der Waals surface area (Å²) in [5.41, 5.74) is 9.35. The minimum Gasteiger partial charge on any atom is -0.497 e. The van der Waals surface area contributed by atoms with Gasteiger partial charge in [-0.25, -0.2) is 9.18 Å². The minimum atomic E-state index is -5.08. The largest absolute Gasteiger partial charge is 0.497 e. The fourth-order valence-electron chi connectivity index (χ4n) is 3.31. The van der Waals surface area contributed by atoms with Crippen molar-refractivity contribution in [1.82, 2.24) is 4.90 Å². The lowest BCUT2D eigenvalue weighted by atomic mass is 9.91. The molecule has 6 nitrogen and oxygen atoms in total. The van der Waals surface area contributed by atoms with Crippen LogP contribution in [0.25, 0.3) is 11.1 Å². The summed E-state index contributed by atoms with van der Waals surface area (Å²) in [7, 11) is 1.64. The molecular formula is C23H26F4N2O4. The van der Waals surface area contributed by atoms with Gasteiger partial charge in [0, 0.05) is 12.5 Å². The van der Waals surface area contributed by atoms with Gasteiger partial charge < -0.3 is 20.5 Å². The highest BCUT2D eigenvalue weighted by molar-refractivity contribution is 5.83. The average molecular weight is 470 g/mol. The van der Waals surface area contributed by atoms with Gasteiger partial charge in [0.1, 0.15) is 11.9 Å². The van der Waals surface area contributed by atoms with E-state index in [0.717, 1.165) is 22.4 Å². The molecule has 0 unspecified atom stereocenters. The SMILES string of the molecule is COc1ccc(-c2ccc([C@H](C)[C@H](N)C(=O)N3CC[C@H](F)C3)cc2)cc1.O=C(O)C(F)(F)F. The molecule has 1 amide bonds. The molecular weight excluding hydrogens is 444 g/mol. The molecule has 180 valence electrons. The van der Waals surface area contributed by atoms with Crippen LogP contribution in [0.15, 0.2) is 48.5 Å². The number of nitrogens with two attached hydrogens (primary N) is 1. The van der Waals surface area contributed by atoms with E-state index in [2.05, 4.69) is 0 Å². The molecule has 2 aromatic carbocycles. The third-order valence-electron chi connectivity index (χ3n) is 5.37. The number of ether oxygens (including phenoxy) is 1. The third-order valence-corrected chi connectivity index (χ3v) is 5.37. The summed E-state index contributed by atoms with van der Waals surface area (Å²) in [5.74, 6) is -2.24. The van der Waals surface area contributed by atoms with E-state index in [1.54, 1.807) is 7.11 Å². The number of carboxylic acid groups (broad SMARTS) is 1. The highest BCUT2D eigenvalue weighted by Crippen LogP contribution is 2.26. The van der Waals surface area contributed by atoms with Gasteiger partial charge in [-0.1, -0.05) is 43.3 Å². The van der Waals surface area contributed by atoms with Gasteiger partial charge >= 0.3 is 12.1 Å². The first-order chi connectivity index (χ1) is 15.4. The number of amides is 1. The number of alkyl halides is 4. The molecule has 3 rings (SSSR count). The van der Waals surface area contributed by atoms with E-state index >= 15 is 0 Å². The van der Waals surface area contributed by atoms with Crippen molar-refractivity contribution in [2.75, 3.05) is 20.2 Å². The molecule has 1 heterocycles. The van der Waals surface area contributed by atoms with E-state index in [-0.39, 0.29) is 18.4 Å². The number of aliphatic carboxylic acids is 1. The van der Waals surface area contributed by atoms with Crippen molar-refractivity contribution in [3.63, 3.8) is 0 Å². The summed E-state index contributed by atoms with van der Waals surface area (Å²) in [6, 6.07) is 15.3. The van der Waals surface area contributed by atoms with Crippen molar-refractivity contribution in [2.24, 2.45) is 5.73 Å². The lowest BCUT2D eigenvalue weighted by molar-refractivity contribution is -0.192. The van der Waals surface area contributed by atoms with Crippen LogP contribution in [-0.2, 0) is 9.59 Å². The molecule has 0 aromatic heterocycles. The quantitative estimate of drug-likeness (QED) is 0.645. The Morgan fingerprint density at radius 1 is 1.09 bits per heavy atom. The van der Waals surface area contributed by atoms with Crippen LogP contribution >= 0.6 is 0 Å². The maximum Gasteiger partial charge on any atom is 0.490 e. The lowest BCUT2D eigenvalue weighted by Crippen LogP contribution is -2.45. The van der Waals surface area contributed by atoms with Gasteiger partial charge in [-0.2, -0.15) is 13.2 Å². The van der Waals surface area contributed by atoms with E-state index in [9.17, 15) is 22.4 Å². The van der Waals surface area contributed by atoms with Crippen molar-refractivity contribution in [1.29, 1.82) is 0 Å². The minimum absolute atomic E-state index is 0.133. The summed E-state index contributed by atoms with van der Waals surface area (Å²) in [6.45, 7) is 2.56. The number of benzene rings is 2. The van der Waals surface area contributed by atoms with Crippen LogP contribution in [0.2, 0.25) is 0 Å². The second-order valence-corrected chi connectivity index (χ2v) is 7.64. The highest BCUT2D eigenvalue weighted by atomic mass is 19.4. The van der Waals surface area contributed by atoms with Gasteiger partial charge in [0.25, 0.3) is 0 Å². The standard InChI is InChI=1S/C21H25FN2O2.C2HF3O2/c1-14(20(23)21(25)24-12-11-18(22)13-24)15-3-5-16(6-4-15)17-7-9-19(26-2)10-8-17;3-2(4,5)1(6)7/h3-10,14,18,20H,11-13,23H2,1-2H3;(H,6,7)/t14-,18-,20-;/m0./s1. The molecule has 3 atom stereocenters. The average Bonchev–Trinajstić information content (AvgIpc) is 3.23. The highest BCUT2D eigenvalue weighted by Gasteiger charge is 2.38. The van der Waals surface area contributed by atoms with Gasteiger partial charge in [-0.3, -0.25) is 4.79 Å². The van der Waals surface area contributed by atoms with Crippen molar-refractivity contribution in [3.8, 4) is 16.9 Å². The van der Waals surface area contributed by atoms with Crippen LogP contribution in [0.1, 0.15) is 24.8 Å². The Kier molecular flexibility index (Phi) is 8.81. The fraction of sp³-hybridized carbons (Fsp3) is 0.391. The molecule has 0 aliphatic carbocycles. The van der Waals surface area contributed by atoms with E-state index in [0.29, 0.717) is 13.0 Å². The van der Waals surface area contributed by atoms with Crippen molar-refractivity contribution in [2.45, 2.75) is 37.7 Å².